The minimum atomic E-state index is 0.131. The van der Waals surface area contributed by atoms with Gasteiger partial charge in [0.05, 0.1) is 6.04 Å². The highest BCUT2D eigenvalue weighted by atomic mass is 16.5. The molecule has 2 aliphatic heterocycles. The number of benzene rings is 1. The minimum absolute atomic E-state index is 0.131. The molecule has 3 rings (SSSR count). The van der Waals surface area contributed by atoms with Crippen molar-refractivity contribution < 1.29 is 9.84 Å². The van der Waals surface area contributed by atoms with Crippen molar-refractivity contribution in [2.24, 2.45) is 0 Å². The molecule has 98 valence electrons. The molecule has 2 N–H and O–H groups in total. The Morgan fingerprint density at radius 1 is 1.44 bits per heavy atom. The summed E-state index contributed by atoms with van der Waals surface area (Å²) < 4.78 is 5.72. The Bertz CT molecular complexity index is 459. The molecule has 4 nitrogen and oxygen atoms in total. The Balaban J connectivity index is 1.91. The molecule has 1 saturated heterocycles. The second-order valence-electron chi connectivity index (χ2n) is 5.73. The van der Waals surface area contributed by atoms with Crippen LogP contribution >= 0.6 is 0 Å². The van der Waals surface area contributed by atoms with Gasteiger partial charge in [0.25, 0.3) is 0 Å². The van der Waals surface area contributed by atoms with Crippen LogP contribution in [0.5, 0.6) is 11.5 Å². The van der Waals surface area contributed by atoms with E-state index in [9.17, 15) is 5.11 Å². The number of phenols is 1. The number of aromatic hydroxyl groups is 1. The van der Waals surface area contributed by atoms with Gasteiger partial charge in [-0.3, -0.25) is 4.90 Å². The predicted octanol–water partition coefficient (Wildman–Crippen LogP) is 1.51. The third-order valence-electron chi connectivity index (χ3n) is 3.99. The zero-order valence-corrected chi connectivity index (χ0v) is 10.9. The van der Waals surface area contributed by atoms with Gasteiger partial charge in [-0.05, 0) is 26.0 Å². The van der Waals surface area contributed by atoms with Crippen LogP contribution in [0.3, 0.4) is 0 Å². The fraction of sp³-hybridized carbons (Fsp3) is 0.571. The first-order valence-corrected chi connectivity index (χ1v) is 6.51. The lowest BCUT2D eigenvalue weighted by molar-refractivity contribution is 0.0349. The predicted molar refractivity (Wildman–Crippen MR) is 70.0 cm³/mol. The van der Waals surface area contributed by atoms with E-state index < -0.39 is 0 Å². The van der Waals surface area contributed by atoms with E-state index in [1.165, 1.54) is 5.56 Å². The number of fused-ring (bicyclic) bond motifs is 1. The number of ether oxygens (including phenoxy) is 1. The highest BCUT2D eigenvalue weighted by Gasteiger charge is 2.39. The van der Waals surface area contributed by atoms with E-state index >= 15 is 0 Å². The molecule has 1 atom stereocenters. The number of rotatable bonds is 1. The maximum atomic E-state index is 9.49. The first kappa shape index (κ1) is 11.8. The molecule has 0 radical (unpaired) electrons. The number of nitrogens with one attached hydrogen (secondary N) is 1. The van der Waals surface area contributed by atoms with Crippen molar-refractivity contribution in [2.75, 3.05) is 26.2 Å². The van der Waals surface area contributed by atoms with Crippen LogP contribution in [-0.4, -0.2) is 41.8 Å². The topological polar surface area (TPSA) is 44.7 Å². The van der Waals surface area contributed by atoms with Crippen molar-refractivity contribution in [3.05, 3.63) is 23.8 Å². The van der Waals surface area contributed by atoms with Gasteiger partial charge in [-0.25, -0.2) is 0 Å². The van der Waals surface area contributed by atoms with E-state index in [1.807, 2.05) is 6.07 Å². The zero-order valence-electron chi connectivity index (χ0n) is 10.9. The lowest BCUT2D eigenvalue weighted by atomic mass is 9.95. The summed E-state index contributed by atoms with van der Waals surface area (Å²) in [5.74, 6) is 1.10. The summed E-state index contributed by atoms with van der Waals surface area (Å²) in [5.41, 5.74) is 1.33. The Labute approximate surface area is 108 Å². The van der Waals surface area contributed by atoms with Gasteiger partial charge in [-0.2, -0.15) is 0 Å². The summed E-state index contributed by atoms with van der Waals surface area (Å²) in [6, 6.07) is 5.75. The monoisotopic (exact) mass is 248 g/mol. The maximum Gasteiger partial charge on any atom is 0.128 e. The summed E-state index contributed by atoms with van der Waals surface area (Å²) >= 11 is 0. The number of piperazine rings is 1. The van der Waals surface area contributed by atoms with Gasteiger partial charge < -0.3 is 15.2 Å². The van der Waals surface area contributed by atoms with Crippen LogP contribution < -0.4 is 10.1 Å². The Morgan fingerprint density at radius 3 is 3.06 bits per heavy atom. The Kier molecular flexibility index (Phi) is 2.72. The number of hydrogen-bond donors (Lipinski definition) is 2. The van der Waals surface area contributed by atoms with Crippen molar-refractivity contribution in [3.8, 4) is 11.5 Å². The molecule has 1 aromatic carbocycles. The molecule has 0 saturated carbocycles. The van der Waals surface area contributed by atoms with Gasteiger partial charge in [-0.15, -0.1) is 0 Å². The van der Waals surface area contributed by atoms with Crippen LogP contribution in [0.4, 0.5) is 0 Å². The largest absolute Gasteiger partial charge is 0.508 e. The molecule has 1 unspecified atom stereocenters. The molecule has 4 heteroatoms. The molecular formula is C14H20N2O2. The van der Waals surface area contributed by atoms with E-state index in [-0.39, 0.29) is 11.3 Å². The second kappa shape index (κ2) is 4.14. The molecule has 18 heavy (non-hydrogen) atoms. The number of nitrogens with zero attached hydrogens (tertiary/aromatic N) is 1. The van der Waals surface area contributed by atoms with E-state index in [1.54, 1.807) is 12.1 Å². The Morgan fingerprint density at radius 2 is 2.28 bits per heavy atom. The SMILES string of the molecule is CC1(C)CNCCN1C1COc2cc(O)ccc21. The summed E-state index contributed by atoms with van der Waals surface area (Å²) in [6.45, 7) is 8.25. The third-order valence-corrected chi connectivity index (χ3v) is 3.99. The van der Waals surface area contributed by atoms with Crippen LogP contribution in [0.2, 0.25) is 0 Å². The van der Waals surface area contributed by atoms with Crippen molar-refractivity contribution in [3.63, 3.8) is 0 Å². The maximum absolute atomic E-state index is 9.49. The van der Waals surface area contributed by atoms with Crippen molar-refractivity contribution in [1.82, 2.24) is 10.2 Å². The van der Waals surface area contributed by atoms with Gasteiger partial charge in [0.1, 0.15) is 18.1 Å². The lowest BCUT2D eigenvalue weighted by Crippen LogP contribution is -2.59. The van der Waals surface area contributed by atoms with Crippen LogP contribution in [0.1, 0.15) is 25.5 Å². The van der Waals surface area contributed by atoms with Crippen LogP contribution in [0.15, 0.2) is 18.2 Å². The molecule has 2 heterocycles. The van der Waals surface area contributed by atoms with E-state index in [2.05, 4.69) is 24.1 Å². The quantitative estimate of drug-likeness (QED) is 0.791. The average molecular weight is 248 g/mol. The molecule has 0 amide bonds. The highest BCUT2D eigenvalue weighted by Crippen LogP contribution is 2.40. The smallest absolute Gasteiger partial charge is 0.128 e. The van der Waals surface area contributed by atoms with Gasteiger partial charge in [0, 0.05) is 36.8 Å². The molecule has 1 aromatic rings. The third kappa shape index (κ3) is 1.85. The molecule has 0 bridgehead atoms. The second-order valence-corrected chi connectivity index (χ2v) is 5.73. The van der Waals surface area contributed by atoms with Gasteiger partial charge in [-0.1, -0.05) is 0 Å². The standard InChI is InChI=1S/C14H20N2O2/c1-14(2)9-15-5-6-16(14)12-8-18-13-7-10(17)3-4-11(12)13/h3-4,7,12,15,17H,5-6,8-9H2,1-2H3. The lowest BCUT2D eigenvalue weighted by Gasteiger charge is -2.45. The van der Waals surface area contributed by atoms with Gasteiger partial charge in [0.2, 0.25) is 0 Å². The number of phenolic OH excluding ortho intramolecular Hbond substituents is 1. The van der Waals surface area contributed by atoms with Crippen molar-refractivity contribution in [1.29, 1.82) is 0 Å². The molecular weight excluding hydrogens is 228 g/mol. The zero-order chi connectivity index (χ0) is 12.8. The van der Waals surface area contributed by atoms with E-state index in [0.29, 0.717) is 12.6 Å². The summed E-state index contributed by atoms with van der Waals surface area (Å²) in [5, 5.41) is 12.9. The fourth-order valence-corrected chi connectivity index (χ4v) is 3.02. The van der Waals surface area contributed by atoms with Gasteiger partial charge in [0.15, 0.2) is 0 Å². The molecule has 0 spiro atoms. The first-order valence-electron chi connectivity index (χ1n) is 6.51. The van der Waals surface area contributed by atoms with E-state index in [0.717, 1.165) is 25.4 Å². The number of hydrogen-bond acceptors (Lipinski definition) is 4. The highest BCUT2D eigenvalue weighted by molar-refractivity contribution is 5.44. The summed E-state index contributed by atoms with van der Waals surface area (Å²) in [6.07, 6.45) is 0. The van der Waals surface area contributed by atoms with Crippen molar-refractivity contribution >= 4 is 0 Å². The van der Waals surface area contributed by atoms with Gasteiger partial charge >= 0.3 is 0 Å². The van der Waals surface area contributed by atoms with Crippen LogP contribution in [0.25, 0.3) is 0 Å². The minimum Gasteiger partial charge on any atom is -0.508 e. The Hall–Kier alpha value is -1.26. The molecule has 1 fully saturated rings. The molecule has 2 aliphatic rings. The first-order chi connectivity index (χ1) is 8.58. The fourth-order valence-electron chi connectivity index (χ4n) is 3.02. The van der Waals surface area contributed by atoms with Crippen molar-refractivity contribution in [2.45, 2.75) is 25.4 Å². The van der Waals surface area contributed by atoms with Crippen LogP contribution in [0, 0.1) is 0 Å². The molecule has 0 aliphatic carbocycles. The summed E-state index contributed by atoms with van der Waals surface area (Å²) in [4.78, 5) is 2.51. The van der Waals surface area contributed by atoms with E-state index in [4.69, 9.17) is 4.74 Å². The van der Waals surface area contributed by atoms with Crippen LogP contribution in [-0.2, 0) is 0 Å². The average Bonchev–Trinajstić information content (AvgIpc) is 2.71. The molecule has 0 aromatic heterocycles. The normalized spacial score (nSPS) is 26.7. The summed E-state index contributed by atoms with van der Waals surface area (Å²) in [7, 11) is 0.